The van der Waals surface area contributed by atoms with Crippen LogP contribution in [0.2, 0.25) is 5.02 Å². The van der Waals surface area contributed by atoms with E-state index >= 15 is 0 Å². The first-order valence-electron chi connectivity index (χ1n) is 8.51. The number of hydrogen-bond acceptors (Lipinski definition) is 7. The van der Waals surface area contributed by atoms with Crippen molar-refractivity contribution in [3.05, 3.63) is 47.0 Å². The summed E-state index contributed by atoms with van der Waals surface area (Å²) >= 11 is 7.63. The van der Waals surface area contributed by atoms with E-state index in [9.17, 15) is 9.18 Å². The maximum absolute atomic E-state index is 12.5. The molecule has 148 valence electrons. The molecule has 3 heterocycles. The number of anilines is 1. The molecule has 1 aliphatic rings. The van der Waals surface area contributed by atoms with Crippen LogP contribution in [0.15, 0.2) is 35.6 Å². The van der Waals surface area contributed by atoms with Crippen molar-refractivity contribution in [1.82, 2.24) is 9.97 Å². The number of alkyl halides is 1. The van der Waals surface area contributed by atoms with Gasteiger partial charge in [0.1, 0.15) is 30.3 Å². The second kappa shape index (κ2) is 8.74. The predicted octanol–water partition coefficient (Wildman–Crippen LogP) is 3.40. The lowest BCUT2D eigenvalue weighted by Gasteiger charge is -2.28. The van der Waals surface area contributed by atoms with Gasteiger partial charge in [0.2, 0.25) is 0 Å². The van der Waals surface area contributed by atoms with Gasteiger partial charge in [-0.25, -0.2) is 14.4 Å². The van der Waals surface area contributed by atoms with E-state index in [1.54, 1.807) is 18.3 Å². The van der Waals surface area contributed by atoms with Crippen LogP contribution in [-0.4, -0.2) is 40.1 Å². The molecular weight excluding hydrogens is 405 g/mol. The number of aliphatic imine (C=N–C) groups is 1. The number of amidine groups is 1. The summed E-state index contributed by atoms with van der Waals surface area (Å²) in [4.78, 5) is 25.5. The number of carbonyl (C=O) groups is 1. The highest BCUT2D eigenvalue weighted by atomic mass is 35.5. The van der Waals surface area contributed by atoms with Crippen molar-refractivity contribution in [2.75, 3.05) is 24.4 Å². The summed E-state index contributed by atoms with van der Waals surface area (Å²) in [7, 11) is 0. The number of halogens is 2. The summed E-state index contributed by atoms with van der Waals surface area (Å²) in [5.41, 5.74) is 6.61. The number of nitrogens with zero attached hydrogens (tertiary/aromatic N) is 3. The van der Waals surface area contributed by atoms with Crippen LogP contribution in [0.1, 0.15) is 29.5 Å². The van der Waals surface area contributed by atoms with Crippen LogP contribution < -0.4 is 15.8 Å². The summed E-state index contributed by atoms with van der Waals surface area (Å²) in [5.74, 6) is 0.663. The second-order valence-electron chi connectivity index (χ2n) is 6.25. The molecule has 2 aromatic rings. The fourth-order valence-corrected chi connectivity index (χ4v) is 3.90. The Labute approximate surface area is 170 Å². The highest BCUT2D eigenvalue weighted by Gasteiger charge is 2.31. The van der Waals surface area contributed by atoms with Crippen molar-refractivity contribution in [3.8, 4) is 5.75 Å². The molecule has 1 aliphatic heterocycles. The summed E-state index contributed by atoms with van der Waals surface area (Å²) in [6.45, 7) is 1.23. The highest BCUT2D eigenvalue weighted by Crippen LogP contribution is 2.34. The summed E-state index contributed by atoms with van der Waals surface area (Å²) in [5, 5.41) is 3.39. The number of ether oxygens (including phenoxy) is 1. The minimum Gasteiger partial charge on any atom is -0.489 e. The van der Waals surface area contributed by atoms with Gasteiger partial charge in [-0.05, 0) is 25.5 Å². The standard InChI is InChI=1S/C18H19ClFN5O2S/c1-18(3-7-28-17(21)25-18)14-8-11(2-5-22-14)24-16(26)15-13(19)9-12(10-23-15)27-6-4-20/h2,5,8-10H,3-4,6-7H2,1H3,(H2,21,25)(H,22,24,26)/t18-/m0/s1. The molecule has 1 amide bonds. The van der Waals surface area contributed by atoms with Crippen LogP contribution in [0, 0.1) is 0 Å². The normalized spacial score (nSPS) is 19.0. The fraction of sp³-hybridized carbons (Fsp3) is 0.333. The lowest BCUT2D eigenvalue weighted by Crippen LogP contribution is -2.29. The Morgan fingerprint density at radius 2 is 2.29 bits per heavy atom. The third kappa shape index (κ3) is 4.71. The minimum absolute atomic E-state index is 0.0372. The third-order valence-electron chi connectivity index (χ3n) is 4.14. The summed E-state index contributed by atoms with van der Waals surface area (Å²) < 4.78 is 17.3. The fourth-order valence-electron chi connectivity index (χ4n) is 2.69. The van der Waals surface area contributed by atoms with Crippen LogP contribution in [0.4, 0.5) is 10.1 Å². The predicted molar refractivity (Wildman–Crippen MR) is 109 cm³/mol. The van der Waals surface area contributed by atoms with E-state index in [-0.39, 0.29) is 17.3 Å². The van der Waals surface area contributed by atoms with Crippen molar-refractivity contribution >= 4 is 40.1 Å². The topological polar surface area (TPSA) is 102 Å². The van der Waals surface area contributed by atoms with Crippen LogP contribution in [0.5, 0.6) is 5.75 Å². The highest BCUT2D eigenvalue weighted by molar-refractivity contribution is 8.13. The quantitative estimate of drug-likeness (QED) is 0.738. The third-order valence-corrected chi connectivity index (χ3v) is 5.23. The van der Waals surface area contributed by atoms with Crippen LogP contribution in [0.25, 0.3) is 0 Å². The van der Waals surface area contributed by atoms with Crippen LogP contribution >= 0.6 is 23.4 Å². The molecule has 7 nitrogen and oxygen atoms in total. The van der Waals surface area contributed by atoms with Gasteiger partial charge in [0, 0.05) is 23.7 Å². The van der Waals surface area contributed by atoms with E-state index in [1.165, 1.54) is 24.0 Å². The SMILES string of the molecule is C[C@@]1(c2cc(NC(=O)c3ncc(OCCF)cc3Cl)ccn2)CCSC(N)=N1. The van der Waals surface area contributed by atoms with Crippen molar-refractivity contribution < 1.29 is 13.9 Å². The average molecular weight is 424 g/mol. The number of amides is 1. The molecule has 2 aromatic heterocycles. The van der Waals surface area contributed by atoms with E-state index in [0.717, 1.165) is 12.2 Å². The van der Waals surface area contributed by atoms with Gasteiger partial charge in [0.25, 0.3) is 5.91 Å². The number of rotatable bonds is 6. The van der Waals surface area contributed by atoms with Gasteiger partial charge in [-0.15, -0.1) is 0 Å². The molecule has 0 aromatic carbocycles. The van der Waals surface area contributed by atoms with E-state index in [1.807, 2.05) is 6.92 Å². The number of nitrogens with two attached hydrogens (primary N) is 1. The first-order chi connectivity index (χ1) is 13.4. The maximum Gasteiger partial charge on any atom is 0.275 e. The second-order valence-corrected chi connectivity index (χ2v) is 7.77. The van der Waals surface area contributed by atoms with E-state index < -0.39 is 18.1 Å². The smallest absolute Gasteiger partial charge is 0.275 e. The Morgan fingerprint density at radius 3 is 3.00 bits per heavy atom. The zero-order chi connectivity index (χ0) is 20.1. The molecule has 28 heavy (non-hydrogen) atoms. The molecule has 3 N–H and O–H groups in total. The Morgan fingerprint density at radius 1 is 1.46 bits per heavy atom. The number of carbonyl (C=O) groups excluding carboxylic acids is 1. The first-order valence-corrected chi connectivity index (χ1v) is 9.88. The monoisotopic (exact) mass is 423 g/mol. The van der Waals surface area contributed by atoms with Crippen LogP contribution in [0.3, 0.4) is 0 Å². The van der Waals surface area contributed by atoms with Crippen molar-refractivity contribution in [1.29, 1.82) is 0 Å². The van der Waals surface area contributed by atoms with Gasteiger partial charge in [-0.2, -0.15) is 0 Å². The van der Waals surface area contributed by atoms with Gasteiger partial charge in [-0.3, -0.25) is 9.78 Å². The van der Waals surface area contributed by atoms with E-state index in [2.05, 4.69) is 20.3 Å². The summed E-state index contributed by atoms with van der Waals surface area (Å²) in [6.07, 6.45) is 3.72. The minimum atomic E-state index is -0.627. The molecule has 0 fully saturated rings. The van der Waals surface area contributed by atoms with Crippen LogP contribution in [-0.2, 0) is 5.54 Å². The Bertz CT molecular complexity index is 913. The average Bonchev–Trinajstić information content (AvgIpc) is 2.66. The number of aromatic nitrogens is 2. The molecule has 10 heteroatoms. The molecule has 0 saturated carbocycles. The first kappa shape index (κ1) is 20.3. The van der Waals surface area contributed by atoms with Crippen molar-refractivity contribution in [3.63, 3.8) is 0 Å². The Balaban J connectivity index is 1.77. The number of nitrogens with one attached hydrogen (secondary N) is 1. The molecule has 1 atom stereocenters. The number of pyridine rings is 2. The largest absolute Gasteiger partial charge is 0.489 e. The lowest BCUT2D eigenvalue weighted by molar-refractivity contribution is 0.102. The maximum atomic E-state index is 12.5. The molecule has 0 radical (unpaired) electrons. The summed E-state index contributed by atoms with van der Waals surface area (Å²) in [6, 6.07) is 4.86. The molecular formula is C18H19ClFN5O2S. The lowest BCUT2D eigenvalue weighted by atomic mass is 9.94. The molecule has 3 rings (SSSR count). The van der Waals surface area contributed by atoms with E-state index in [0.29, 0.717) is 22.3 Å². The molecule has 0 bridgehead atoms. The number of thioether (sulfide) groups is 1. The zero-order valence-electron chi connectivity index (χ0n) is 15.1. The zero-order valence-corrected chi connectivity index (χ0v) is 16.7. The van der Waals surface area contributed by atoms with Gasteiger partial charge in [0.05, 0.1) is 16.9 Å². The number of hydrogen-bond donors (Lipinski definition) is 2. The molecule has 0 saturated heterocycles. The van der Waals surface area contributed by atoms with Gasteiger partial charge >= 0.3 is 0 Å². The Hall–Kier alpha value is -2.39. The van der Waals surface area contributed by atoms with Crippen molar-refractivity contribution in [2.45, 2.75) is 18.9 Å². The van der Waals surface area contributed by atoms with Crippen molar-refractivity contribution in [2.24, 2.45) is 10.7 Å². The van der Waals surface area contributed by atoms with E-state index in [4.69, 9.17) is 22.1 Å². The van der Waals surface area contributed by atoms with Gasteiger partial charge in [-0.1, -0.05) is 23.4 Å². The molecule has 0 unspecified atom stereocenters. The Kier molecular flexibility index (Phi) is 6.35. The molecule has 0 aliphatic carbocycles. The molecule has 0 spiro atoms. The van der Waals surface area contributed by atoms with Gasteiger partial charge in [0.15, 0.2) is 5.17 Å². The van der Waals surface area contributed by atoms with Gasteiger partial charge < -0.3 is 15.8 Å².